The van der Waals surface area contributed by atoms with Crippen molar-refractivity contribution in [2.24, 2.45) is 16.5 Å². The van der Waals surface area contributed by atoms with Gasteiger partial charge < -0.3 is 36.8 Å². The Kier molecular flexibility index (Phi) is 12.0. The fourth-order valence-corrected chi connectivity index (χ4v) is 7.40. The highest BCUT2D eigenvalue weighted by atomic mass is 16.4. The van der Waals surface area contributed by atoms with Crippen LogP contribution in [-0.2, 0) is 32.0 Å². The number of nitrogens with zero attached hydrogens (tertiary/aromatic N) is 3. The summed E-state index contributed by atoms with van der Waals surface area (Å²) in [4.78, 5) is 70.9. The molecule has 1 unspecified atom stereocenters. The van der Waals surface area contributed by atoms with Crippen molar-refractivity contribution in [1.82, 2.24) is 25.3 Å². The normalized spacial score (nSPS) is 16.2. The molecule has 3 atom stereocenters. The van der Waals surface area contributed by atoms with E-state index < -0.39 is 42.2 Å². The summed E-state index contributed by atoms with van der Waals surface area (Å²) in [5.41, 5.74) is 20.6. The van der Waals surface area contributed by atoms with Crippen molar-refractivity contribution in [3.8, 4) is 0 Å². The molecule has 15 heteroatoms. The third-order valence-corrected chi connectivity index (χ3v) is 10.5. The fraction of sp³-hybridized carbons (Fsp3) is 0.375. The van der Waals surface area contributed by atoms with Gasteiger partial charge >= 0.3 is 17.9 Å². The minimum Gasteiger partial charge on any atom is -0.481 e. The van der Waals surface area contributed by atoms with Crippen LogP contribution >= 0.6 is 0 Å². The van der Waals surface area contributed by atoms with Crippen LogP contribution in [0.5, 0.6) is 0 Å². The lowest BCUT2D eigenvalue weighted by atomic mass is 9.84. The number of fused-ring (bicyclic) bond motifs is 8. The zero-order valence-corrected chi connectivity index (χ0v) is 31.7. The second-order valence-corrected chi connectivity index (χ2v) is 14.0. The monoisotopic (exact) mass is 752 g/mol. The first kappa shape index (κ1) is 40.1. The Morgan fingerprint density at radius 3 is 2.33 bits per heavy atom. The number of aromatic nitrogens is 4. The summed E-state index contributed by atoms with van der Waals surface area (Å²) in [6, 6.07) is 4.68. The predicted molar refractivity (Wildman–Crippen MR) is 211 cm³/mol. The van der Waals surface area contributed by atoms with Gasteiger partial charge in [0.2, 0.25) is 5.91 Å². The zero-order valence-electron chi connectivity index (χ0n) is 31.7. The number of amides is 1. The molecule has 0 fully saturated rings. The average Bonchev–Trinajstić information content (AvgIpc) is 3.80. The number of rotatable bonds is 13. The number of aromatic amines is 2. The van der Waals surface area contributed by atoms with Crippen LogP contribution in [0.25, 0.3) is 39.3 Å². The van der Waals surface area contributed by atoms with Gasteiger partial charge in [0.1, 0.15) is 6.04 Å². The van der Waals surface area contributed by atoms with Gasteiger partial charge in [-0.3, -0.25) is 29.7 Å². The number of nitrogens with one attached hydrogen (secondary N) is 3. The molecule has 290 valence electrons. The van der Waals surface area contributed by atoms with Crippen molar-refractivity contribution in [2.75, 3.05) is 6.54 Å². The van der Waals surface area contributed by atoms with Gasteiger partial charge in [0.15, 0.2) is 5.96 Å². The van der Waals surface area contributed by atoms with Crippen LogP contribution in [0, 0.1) is 13.8 Å². The number of carbonyl (C=O) groups excluding carboxylic acids is 1. The molecule has 0 radical (unpaired) electrons. The first-order valence-corrected chi connectivity index (χ1v) is 18.2. The molecule has 10 N–H and O–H groups in total. The van der Waals surface area contributed by atoms with Crippen molar-refractivity contribution in [3.05, 3.63) is 75.4 Å². The molecule has 55 heavy (non-hydrogen) atoms. The molecule has 0 spiro atoms. The Balaban J connectivity index is 1.82. The molecule has 0 saturated carbocycles. The molecule has 0 saturated heterocycles. The van der Waals surface area contributed by atoms with Crippen molar-refractivity contribution in [1.29, 1.82) is 0 Å². The molecule has 1 amide bonds. The number of carbonyl (C=O) groups is 4. The predicted octanol–water partition coefficient (Wildman–Crippen LogP) is 5.07. The standard InChI is InChI=1S/C40H48N8O7/c1-7-22-18(3)27-15-29-20(5)24(11-12-34(50)51)36(46-29)25(14-33(49)48-40(42)43-13-9-10-26(41)38(52)53)37-35(39(54)55)21(6)30(47-37)17-32-23(8-2)19(4)28(45-32)16-31(22)44-27/h7,15-17,20,24,26,44-45H,1,8-14,41H2,2-6H3,(H,50,51)(H,52,53)(H,54,55)(H3,42,43,48,49)/t20-,24-,26?/m0/s1. The van der Waals surface area contributed by atoms with Crippen molar-refractivity contribution in [3.63, 3.8) is 0 Å². The van der Waals surface area contributed by atoms with E-state index in [9.17, 15) is 29.4 Å². The number of carboxylic acid groups (broad SMARTS) is 3. The maximum absolute atomic E-state index is 13.8. The Morgan fingerprint density at radius 1 is 1.00 bits per heavy atom. The summed E-state index contributed by atoms with van der Waals surface area (Å²) < 4.78 is 0. The number of nitrogens with two attached hydrogens (primary N) is 2. The number of allylic oxidation sites excluding steroid dienone is 1. The molecule has 0 aliphatic carbocycles. The number of aliphatic imine (C=N–C) groups is 1. The molecule has 3 aromatic rings. The quantitative estimate of drug-likeness (QED) is 0.0649. The van der Waals surface area contributed by atoms with Crippen molar-refractivity contribution in [2.45, 2.75) is 91.0 Å². The third kappa shape index (κ3) is 8.36. The highest BCUT2D eigenvalue weighted by Crippen LogP contribution is 2.43. The first-order valence-electron chi connectivity index (χ1n) is 18.2. The van der Waals surface area contributed by atoms with E-state index in [1.165, 1.54) is 0 Å². The maximum Gasteiger partial charge on any atom is 0.338 e. The largest absolute Gasteiger partial charge is 0.481 e. The Hall–Kier alpha value is -6.09. The number of guanidine groups is 1. The lowest BCUT2D eigenvalue weighted by Crippen LogP contribution is -2.38. The van der Waals surface area contributed by atoms with Gasteiger partial charge in [0, 0.05) is 63.7 Å². The maximum atomic E-state index is 13.8. The van der Waals surface area contributed by atoms with E-state index in [4.69, 9.17) is 26.5 Å². The summed E-state index contributed by atoms with van der Waals surface area (Å²) in [5, 5.41) is 32.0. The van der Waals surface area contributed by atoms with Gasteiger partial charge in [-0.25, -0.2) is 9.78 Å². The van der Waals surface area contributed by atoms with E-state index in [0.717, 1.165) is 44.3 Å². The van der Waals surface area contributed by atoms with Crippen molar-refractivity contribution >= 4 is 69.1 Å². The van der Waals surface area contributed by atoms with E-state index >= 15 is 0 Å². The second-order valence-electron chi connectivity index (χ2n) is 14.0. The van der Waals surface area contributed by atoms with E-state index in [1.54, 1.807) is 13.0 Å². The topological polar surface area (TPSA) is 263 Å². The number of carboxylic acids is 3. The van der Waals surface area contributed by atoms with E-state index in [1.807, 2.05) is 45.9 Å². The minimum absolute atomic E-state index is 0.0459. The summed E-state index contributed by atoms with van der Waals surface area (Å²) in [6.45, 7) is 13.8. The van der Waals surface area contributed by atoms with E-state index in [2.05, 4.69) is 26.9 Å². The molecule has 8 bridgehead atoms. The zero-order chi connectivity index (χ0) is 40.3. The molecular weight excluding hydrogens is 704 g/mol. The van der Waals surface area contributed by atoms with Crippen molar-refractivity contribution < 1.29 is 34.5 Å². The smallest absolute Gasteiger partial charge is 0.338 e. The first-order chi connectivity index (χ1) is 26.1. The third-order valence-electron chi connectivity index (χ3n) is 10.5. The highest BCUT2D eigenvalue weighted by molar-refractivity contribution is 6.24. The molecule has 15 nitrogen and oxygen atoms in total. The van der Waals surface area contributed by atoms with Crippen LogP contribution in [-0.4, -0.2) is 77.6 Å². The van der Waals surface area contributed by atoms with Crippen LogP contribution in [0.4, 0.5) is 0 Å². The number of H-pyrrole nitrogens is 2. The highest BCUT2D eigenvalue weighted by Gasteiger charge is 2.35. The van der Waals surface area contributed by atoms with Gasteiger partial charge in [-0.2, -0.15) is 0 Å². The van der Waals surface area contributed by atoms with Crippen LogP contribution < -0.4 is 16.8 Å². The Bertz CT molecular complexity index is 2320. The van der Waals surface area contributed by atoms with E-state index in [0.29, 0.717) is 35.5 Å². The lowest BCUT2D eigenvalue weighted by molar-refractivity contribution is -0.139. The molecule has 0 aromatic carbocycles. The summed E-state index contributed by atoms with van der Waals surface area (Å²) in [7, 11) is 0. The Morgan fingerprint density at radius 2 is 1.69 bits per heavy atom. The van der Waals surface area contributed by atoms with Gasteiger partial charge in [0.05, 0.1) is 29.1 Å². The van der Waals surface area contributed by atoms with Gasteiger partial charge in [-0.15, -0.1) is 0 Å². The summed E-state index contributed by atoms with van der Waals surface area (Å²) >= 11 is 0. The molecule has 2 aliphatic rings. The molecule has 2 aliphatic heterocycles. The number of hydrogen-bond donors (Lipinski definition) is 8. The van der Waals surface area contributed by atoms with Crippen LogP contribution in [0.3, 0.4) is 0 Å². The number of aryl methyl sites for hydroxylation is 3. The Labute approximate surface area is 317 Å². The number of aliphatic carboxylic acids is 3. The second kappa shape index (κ2) is 16.5. The fourth-order valence-electron chi connectivity index (χ4n) is 7.40. The molecule has 5 heterocycles. The van der Waals surface area contributed by atoms with Crippen LogP contribution in [0.1, 0.15) is 109 Å². The van der Waals surface area contributed by atoms with Gasteiger partial charge in [-0.05, 0) is 86.9 Å². The van der Waals surface area contributed by atoms with Crippen LogP contribution in [0.2, 0.25) is 0 Å². The van der Waals surface area contributed by atoms with Crippen LogP contribution in [0.15, 0.2) is 29.8 Å². The van der Waals surface area contributed by atoms with Gasteiger partial charge in [-0.1, -0.05) is 26.5 Å². The van der Waals surface area contributed by atoms with E-state index in [-0.39, 0.29) is 54.5 Å². The lowest BCUT2D eigenvalue weighted by Gasteiger charge is -2.18. The molecule has 3 aromatic heterocycles. The summed E-state index contributed by atoms with van der Waals surface area (Å²) in [5.74, 6) is -5.09. The number of hydrogen-bond acceptors (Lipinski definition) is 8. The molecular formula is C40H48N8O7. The molecule has 5 rings (SSSR count). The summed E-state index contributed by atoms with van der Waals surface area (Å²) in [6.07, 6.45) is 2.49. The minimum atomic E-state index is -1.25. The SMILES string of the molecule is C=Cc1c(C)c2cc3nc(c(CC(=O)NC(N)=NCCCC(N)C(=O)O)c4nc(cc5[nH]c(cc1[nH]2)c(C)c5CC)C(C)=C4C(=O)O)[C@@H](CCC(=O)O)[C@@H]3C. The average molecular weight is 753 g/mol. The van der Waals surface area contributed by atoms with Gasteiger partial charge in [0.25, 0.3) is 0 Å².